The average molecular weight is 291 g/mol. The van der Waals surface area contributed by atoms with Gasteiger partial charge in [-0.15, -0.1) is 0 Å². The van der Waals surface area contributed by atoms with E-state index >= 15 is 0 Å². The normalized spacial score (nSPS) is 10.2. The van der Waals surface area contributed by atoms with Crippen LogP contribution in [0.4, 0.5) is 10.1 Å². The number of rotatable bonds is 3. The van der Waals surface area contributed by atoms with Gasteiger partial charge in [0.05, 0.1) is 0 Å². The van der Waals surface area contributed by atoms with E-state index in [0.29, 0.717) is 11.3 Å². The van der Waals surface area contributed by atoms with Crippen molar-refractivity contribution in [2.24, 2.45) is 0 Å². The van der Waals surface area contributed by atoms with E-state index in [1.54, 1.807) is 6.07 Å². The number of para-hydroxylation sites is 1. The van der Waals surface area contributed by atoms with Gasteiger partial charge in [-0.1, -0.05) is 54.6 Å². The Kier molecular flexibility index (Phi) is 3.97. The van der Waals surface area contributed by atoms with Crippen molar-refractivity contribution in [2.45, 2.75) is 0 Å². The van der Waals surface area contributed by atoms with Crippen molar-refractivity contribution in [3.05, 3.63) is 90.2 Å². The monoisotopic (exact) mass is 291 g/mol. The van der Waals surface area contributed by atoms with Crippen LogP contribution >= 0.6 is 0 Å². The van der Waals surface area contributed by atoms with Crippen molar-refractivity contribution in [3.8, 4) is 11.1 Å². The van der Waals surface area contributed by atoms with E-state index in [1.165, 1.54) is 18.2 Å². The fourth-order valence-corrected chi connectivity index (χ4v) is 2.29. The lowest BCUT2D eigenvalue weighted by molar-refractivity contribution is 0.102. The summed E-state index contributed by atoms with van der Waals surface area (Å²) in [4.78, 5) is 12.3. The maximum Gasteiger partial charge on any atom is 0.255 e. The number of amides is 1. The van der Waals surface area contributed by atoms with Gasteiger partial charge >= 0.3 is 0 Å². The predicted molar refractivity (Wildman–Crippen MR) is 86.2 cm³/mol. The Balaban J connectivity index is 1.92. The van der Waals surface area contributed by atoms with Crippen LogP contribution < -0.4 is 5.32 Å². The first-order valence-corrected chi connectivity index (χ1v) is 6.95. The van der Waals surface area contributed by atoms with Gasteiger partial charge in [0, 0.05) is 16.8 Å². The first-order valence-electron chi connectivity index (χ1n) is 6.95. The SMILES string of the molecule is O=C(Nc1ccccc1-c1ccccc1)c1cccc(F)c1. The maximum atomic E-state index is 13.2. The Labute approximate surface area is 128 Å². The summed E-state index contributed by atoms with van der Waals surface area (Å²) in [5.41, 5.74) is 2.93. The number of anilines is 1. The second kappa shape index (κ2) is 6.22. The first-order chi connectivity index (χ1) is 10.7. The largest absolute Gasteiger partial charge is 0.321 e. The van der Waals surface area contributed by atoms with Crippen LogP contribution in [-0.2, 0) is 0 Å². The van der Waals surface area contributed by atoms with Crippen LogP contribution in [0.3, 0.4) is 0 Å². The number of carbonyl (C=O) groups is 1. The average Bonchev–Trinajstić information content (AvgIpc) is 2.56. The number of hydrogen-bond donors (Lipinski definition) is 1. The zero-order valence-corrected chi connectivity index (χ0v) is 11.8. The van der Waals surface area contributed by atoms with Crippen LogP contribution in [0.25, 0.3) is 11.1 Å². The zero-order valence-electron chi connectivity index (χ0n) is 11.8. The summed E-state index contributed by atoms with van der Waals surface area (Å²) in [7, 11) is 0. The van der Waals surface area contributed by atoms with Crippen molar-refractivity contribution >= 4 is 11.6 Å². The molecule has 1 N–H and O–H groups in total. The Bertz CT molecular complexity index is 799. The number of nitrogens with one attached hydrogen (secondary N) is 1. The van der Waals surface area contributed by atoms with Crippen LogP contribution in [0.2, 0.25) is 0 Å². The molecule has 0 fully saturated rings. The summed E-state index contributed by atoms with van der Waals surface area (Å²) in [5.74, 6) is -0.758. The van der Waals surface area contributed by atoms with Crippen molar-refractivity contribution in [1.29, 1.82) is 0 Å². The van der Waals surface area contributed by atoms with Crippen molar-refractivity contribution < 1.29 is 9.18 Å². The summed E-state index contributed by atoms with van der Waals surface area (Å²) >= 11 is 0. The summed E-state index contributed by atoms with van der Waals surface area (Å²) in [6.07, 6.45) is 0. The Morgan fingerprint density at radius 3 is 2.32 bits per heavy atom. The highest BCUT2D eigenvalue weighted by Gasteiger charge is 2.10. The van der Waals surface area contributed by atoms with Gasteiger partial charge in [-0.2, -0.15) is 0 Å². The lowest BCUT2D eigenvalue weighted by Crippen LogP contribution is -2.12. The highest BCUT2D eigenvalue weighted by molar-refractivity contribution is 6.06. The van der Waals surface area contributed by atoms with Crippen LogP contribution in [0, 0.1) is 5.82 Å². The number of carbonyl (C=O) groups excluding carboxylic acids is 1. The molecule has 0 aliphatic heterocycles. The molecule has 108 valence electrons. The lowest BCUT2D eigenvalue weighted by Gasteiger charge is -2.11. The quantitative estimate of drug-likeness (QED) is 0.741. The van der Waals surface area contributed by atoms with E-state index in [0.717, 1.165) is 11.1 Å². The minimum atomic E-state index is -0.427. The first kappa shape index (κ1) is 14.0. The fraction of sp³-hybridized carbons (Fsp3) is 0. The fourth-order valence-electron chi connectivity index (χ4n) is 2.29. The molecule has 0 aliphatic rings. The molecule has 0 heterocycles. The van der Waals surface area contributed by atoms with E-state index in [-0.39, 0.29) is 5.91 Å². The Hall–Kier alpha value is -2.94. The molecule has 0 aromatic heterocycles. The molecule has 0 radical (unpaired) electrons. The van der Waals surface area contributed by atoms with E-state index in [1.807, 2.05) is 54.6 Å². The second-order valence-electron chi connectivity index (χ2n) is 4.88. The van der Waals surface area contributed by atoms with E-state index < -0.39 is 5.82 Å². The summed E-state index contributed by atoms with van der Waals surface area (Å²) in [6.45, 7) is 0. The lowest BCUT2D eigenvalue weighted by atomic mass is 10.0. The van der Waals surface area contributed by atoms with Crippen LogP contribution in [0.15, 0.2) is 78.9 Å². The van der Waals surface area contributed by atoms with Crippen LogP contribution in [0.1, 0.15) is 10.4 Å². The van der Waals surface area contributed by atoms with Crippen LogP contribution in [0.5, 0.6) is 0 Å². The van der Waals surface area contributed by atoms with Crippen molar-refractivity contribution in [2.75, 3.05) is 5.32 Å². The van der Waals surface area contributed by atoms with Gasteiger partial charge < -0.3 is 5.32 Å². The standard InChI is InChI=1S/C19H14FNO/c20-16-10-6-9-15(13-16)19(22)21-18-12-5-4-11-17(18)14-7-2-1-3-8-14/h1-13H,(H,21,22). The molecular formula is C19H14FNO. The van der Waals surface area contributed by atoms with Gasteiger partial charge in [0.15, 0.2) is 0 Å². The Morgan fingerprint density at radius 2 is 1.55 bits per heavy atom. The molecular weight excluding hydrogens is 277 g/mol. The smallest absolute Gasteiger partial charge is 0.255 e. The van der Waals surface area contributed by atoms with Gasteiger partial charge in [0.25, 0.3) is 5.91 Å². The third-order valence-electron chi connectivity index (χ3n) is 3.35. The van der Waals surface area contributed by atoms with E-state index in [4.69, 9.17) is 0 Å². The molecule has 0 bridgehead atoms. The number of halogens is 1. The van der Waals surface area contributed by atoms with Gasteiger partial charge in [-0.3, -0.25) is 4.79 Å². The molecule has 0 unspecified atom stereocenters. The molecule has 0 atom stereocenters. The molecule has 0 saturated heterocycles. The van der Waals surface area contributed by atoms with E-state index in [9.17, 15) is 9.18 Å². The molecule has 0 saturated carbocycles. The van der Waals surface area contributed by atoms with Gasteiger partial charge in [0.1, 0.15) is 5.82 Å². The highest BCUT2D eigenvalue weighted by atomic mass is 19.1. The predicted octanol–water partition coefficient (Wildman–Crippen LogP) is 4.75. The molecule has 3 aromatic carbocycles. The third kappa shape index (κ3) is 3.04. The number of hydrogen-bond acceptors (Lipinski definition) is 1. The molecule has 0 spiro atoms. The Morgan fingerprint density at radius 1 is 0.818 bits per heavy atom. The van der Waals surface area contributed by atoms with Crippen molar-refractivity contribution in [1.82, 2.24) is 0 Å². The second-order valence-corrected chi connectivity index (χ2v) is 4.88. The molecule has 3 rings (SSSR count). The topological polar surface area (TPSA) is 29.1 Å². The van der Waals surface area contributed by atoms with Gasteiger partial charge in [-0.25, -0.2) is 4.39 Å². The molecule has 3 aromatic rings. The summed E-state index contributed by atoms with van der Waals surface area (Å²) in [6, 6.07) is 23.0. The van der Waals surface area contributed by atoms with E-state index in [2.05, 4.69) is 5.32 Å². The summed E-state index contributed by atoms with van der Waals surface area (Å²) in [5, 5.41) is 2.85. The molecule has 3 heteroatoms. The highest BCUT2D eigenvalue weighted by Crippen LogP contribution is 2.27. The van der Waals surface area contributed by atoms with Crippen LogP contribution in [-0.4, -0.2) is 5.91 Å². The van der Waals surface area contributed by atoms with Gasteiger partial charge in [-0.05, 0) is 29.8 Å². The molecule has 0 aliphatic carbocycles. The minimum absolute atomic E-state index is 0.294. The number of benzene rings is 3. The van der Waals surface area contributed by atoms with Crippen molar-refractivity contribution in [3.63, 3.8) is 0 Å². The molecule has 22 heavy (non-hydrogen) atoms. The zero-order chi connectivity index (χ0) is 15.4. The summed E-state index contributed by atoms with van der Waals surface area (Å²) < 4.78 is 13.2. The maximum absolute atomic E-state index is 13.2. The van der Waals surface area contributed by atoms with Gasteiger partial charge in [0.2, 0.25) is 0 Å². The molecule has 1 amide bonds. The third-order valence-corrected chi connectivity index (χ3v) is 3.35. The molecule has 2 nitrogen and oxygen atoms in total. The minimum Gasteiger partial charge on any atom is -0.321 e.